The first-order valence-electron chi connectivity index (χ1n) is 3.64. The molecule has 0 spiro atoms. The van der Waals surface area contributed by atoms with E-state index in [0.29, 0.717) is 22.3 Å². The molecule has 1 aromatic carbocycles. The van der Waals surface area contributed by atoms with Crippen LogP contribution in [0.2, 0.25) is 5.02 Å². The van der Waals surface area contributed by atoms with E-state index in [1.807, 2.05) is 6.26 Å². The molecule has 0 atom stereocenters. The lowest BCUT2D eigenvalue weighted by molar-refractivity contribution is 0.112. The van der Waals surface area contributed by atoms with E-state index in [2.05, 4.69) is 0 Å². The highest BCUT2D eigenvalue weighted by molar-refractivity contribution is 7.98. The molecule has 0 fully saturated rings. The van der Waals surface area contributed by atoms with Crippen LogP contribution in [-0.2, 0) is 0 Å². The van der Waals surface area contributed by atoms with Crippen LogP contribution in [-0.4, -0.2) is 18.5 Å². The van der Waals surface area contributed by atoms with Gasteiger partial charge in [0.1, 0.15) is 11.7 Å². The number of carbonyl (C=O) groups excluding carboxylic acids is 1. The van der Waals surface area contributed by atoms with Gasteiger partial charge in [-0.1, -0.05) is 11.6 Å². The highest BCUT2D eigenvalue weighted by Crippen LogP contribution is 2.22. The van der Waals surface area contributed by atoms with Crippen molar-refractivity contribution in [3.63, 3.8) is 0 Å². The molecule has 4 heteroatoms. The summed E-state index contributed by atoms with van der Waals surface area (Å²) in [7, 11) is 0. The van der Waals surface area contributed by atoms with Gasteiger partial charge in [-0.05, 0) is 24.5 Å². The normalized spacial score (nSPS) is 9.69. The fraction of sp³-hybridized carbons (Fsp3) is 0.222. The minimum absolute atomic E-state index is 0.515. The standard InChI is InChI=1S/C9H9ClO2S/c1-13-6-12-9-4-8(10)3-2-7(9)5-11/h2-5H,6H2,1H3. The van der Waals surface area contributed by atoms with E-state index < -0.39 is 0 Å². The molecule has 0 aliphatic heterocycles. The van der Waals surface area contributed by atoms with Crippen molar-refractivity contribution in [2.24, 2.45) is 0 Å². The Kier molecular flexibility index (Phi) is 4.12. The molecule has 0 heterocycles. The van der Waals surface area contributed by atoms with Crippen molar-refractivity contribution >= 4 is 29.6 Å². The van der Waals surface area contributed by atoms with Crippen LogP contribution in [0.5, 0.6) is 5.75 Å². The van der Waals surface area contributed by atoms with Crippen molar-refractivity contribution in [1.82, 2.24) is 0 Å². The molecule has 1 rings (SSSR count). The van der Waals surface area contributed by atoms with Gasteiger partial charge in [0.05, 0.1) is 5.56 Å². The second kappa shape index (κ2) is 5.14. The Hall–Kier alpha value is -0.670. The van der Waals surface area contributed by atoms with Crippen molar-refractivity contribution < 1.29 is 9.53 Å². The monoisotopic (exact) mass is 216 g/mol. The average molecular weight is 217 g/mol. The molecule has 0 aromatic heterocycles. The second-order valence-corrected chi connectivity index (χ2v) is 3.60. The summed E-state index contributed by atoms with van der Waals surface area (Å²) in [5, 5.41) is 0.571. The number of halogens is 1. The van der Waals surface area contributed by atoms with Gasteiger partial charge in [-0.2, -0.15) is 0 Å². The molecule has 0 aliphatic rings. The Morgan fingerprint density at radius 1 is 1.62 bits per heavy atom. The summed E-state index contributed by atoms with van der Waals surface area (Å²) in [6.07, 6.45) is 2.68. The third kappa shape index (κ3) is 2.94. The summed E-state index contributed by atoms with van der Waals surface area (Å²) in [4.78, 5) is 10.6. The third-order valence-corrected chi connectivity index (χ3v) is 2.02. The SMILES string of the molecule is CSCOc1cc(Cl)ccc1C=O. The predicted octanol–water partition coefficient (Wildman–Crippen LogP) is 2.85. The summed E-state index contributed by atoms with van der Waals surface area (Å²) in [6, 6.07) is 4.95. The first-order valence-corrected chi connectivity index (χ1v) is 5.41. The zero-order valence-electron chi connectivity index (χ0n) is 7.12. The zero-order chi connectivity index (χ0) is 9.68. The van der Waals surface area contributed by atoms with Gasteiger partial charge in [0, 0.05) is 5.02 Å². The van der Waals surface area contributed by atoms with Crippen molar-refractivity contribution in [1.29, 1.82) is 0 Å². The first-order chi connectivity index (χ1) is 6.27. The predicted molar refractivity (Wildman–Crippen MR) is 55.8 cm³/mol. The molecule has 0 saturated carbocycles. The van der Waals surface area contributed by atoms with Gasteiger partial charge in [-0.15, -0.1) is 11.8 Å². The van der Waals surface area contributed by atoms with Gasteiger partial charge < -0.3 is 4.74 Å². The fourth-order valence-corrected chi connectivity index (χ4v) is 1.26. The van der Waals surface area contributed by atoms with Crippen molar-refractivity contribution in [3.05, 3.63) is 28.8 Å². The largest absolute Gasteiger partial charge is 0.482 e. The topological polar surface area (TPSA) is 26.3 Å². The number of hydrogen-bond donors (Lipinski definition) is 0. The Morgan fingerprint density at radius 2 is 2.38 bits per heavy atom. The molecular weight excluding hydrogens is 208 g/mol. The molecule has 0 unspecified atom stereocenters. The summed E-state index contributed by atoms with van der Waals surface area (Å²) < 4.78 is 5.31. The van der Waals surface area contributed by atoms with E-state index in [9.17, 15) is 4.79 Å². The van der Waals surface area contributed by atoms with Crippen LogP contribution in [0.15, 0.2) is 18.2 Å². The van der Waals surface area contributed by atoms with Crippen LogP contribution in [0, 0.1) is 0 Å². The summed E-state index contributed by atoms with van der Waals surface area (Å²) in [5.41, 5.74) is 0.526. The first kappa shape index (κ1) is 10.4. The van der Waals surface area contributed by atoms with E-state index in [0.717, 1.165) is 6.29 Å². The number of ether oxygens (including phenoxy) is 1. The van der Waals surface area contributed by atoms with Gasteiger partial charge in [0.2, 0.25) is 0 Å². The van der Waals surface area contributed by atoms with Crippen molar-refractivity contribution in [2.75, 3.05) is 12.2 Å². The maximum absolute atomic E-state index is 10.6. The number of thioether (sulfide) groups is 1. The van der Waals surface area contributed by atoms with Crippen LogP contribution in [0.1, 0.15) is 10.4 Å². The van der Waals surface area contributed by atoms with E-state index >= 15 is 0 Å². The van der Waals surface area contributed by atoms with E-state index in [-0.39, 0.29) is 0 Å². The molecule has 13 heavy (non-hydrogen) atoms. The molecule has 0 radical (unpaired) electrons. The Morgan fingerprint density at radius 3 is 3.00 bits per heavy atom. The minimum Gasteiger partial charge on any atom is -0.482 e. The lowest BCUT2D eigenvalue weighted by atomic mass is 10.2. The zero-order valence-corrected chi connectivity index (χ0v) is 8.69. The number of benzene rings is 1. The molecule has 0 bridgehead atoms. The maximum atomic E-state index is 10.6. The molecule has 0 N–H and O–H groups in total. The highest BCUT2D eigenvalue weighted by atomic mass is 35.5. The van der Waals surface area contributed by atoms with E-state index in [4.69, 9.17) is 16.3 Å². The minimum atomic E-state index is 0.515. The number of rotatable bonds is 4. The summed E-state index contributed by atoms with van der Waals surface area (Å²) >= 11 is 7.29. The average Bonchev–Trinajstić information content (AvgIpc) is 2.15. The third-order valence-electron chi connectivity index (χ3n) is 1.43. The van der Waals surface area contributed by atoms with Crippen LogP contribution >= 0.6 is 23.4 Å². The maximum Gasteiger partial charge on any atom is 0.153 e. The molecule has 1 aromatic rings. The van der Waals surface area contributed by atoms with Gasteiger partial charge >= 0.3 is 0 Å². The molecule has 0 saturated heterocycles. The van der Waals surface area contributed by atoms with Crippen molar-refractivity contribution in [2.45, 2.75) is 0 Å². The van der Waals surface area contributed by atoms with E-state index in [1.54, 1.807) is 30.0 Å². The quantitative estimate of drug-likeness (QED) is 0.572. The Bertz CT molecular complexity index is 302. The van der Waals surface area contributed by atoms with E-state index in [1.165, 1.54) is 0 Å². The van der Waals surface area contributed by atoms with Crippen molar-refractivity contribution in [3.8, 4) is 5.75 Å². The number of carbonyl (C=O) groups is 1. The number of aldehydes is 1. The van der Waals surface area contributed by atoms with Crippen LogP contribution < -0.4 is 4.74 Å². The van der Waals surface area contributed by atoms with Gasteiger partial charge in [-0.3, -0.25) is 4.79 Å². The van der Waals surface area contributed by atoms with Gasteiger partial charge in [0.15, 0.2) is 6.29 Å². The van der Waals surface area contributed by atoms with Crippen LogP contribution in [0.4, 0.5) is 0 Å². The lowest BCUT2D eigenvalue weighted by Gasteiger charge is -2.06. The molecule has 0 aliphatic carbocycles. The van der Waals surface area contributed by atoms with Gasteiger partial charge in [0.25, 0.3) is 0 Å². The molecular formula is C9H9ClO2S. The number of hydrogen-bond acceptors (Lipinski definition) is 3. The molecule has 2 nitrogen and oxygen atoms in total. The van der Waals surface area contributed by atoms with Crippen LogP contribution in [0.3, 0.4) is 0 Å². The summed E-state index contributed by atoms with van der Waals surface area (Å²) in [5.74, 6) is 1.05. The smallest absolute Gasteiger partial charge is 0.153 e. The molecule has 0 amide bonds. The Labute approximate surface area is 86.2 Å². The molecule has 70 valence electrons. The highest BCUT2D eigenvalue weighted by Gasteiger charge is 2.02. The van der Waals surface area contributed by atoms with Crippen LogP contribution in [0.25, 0.3) is 0 Å². The van der Waals surface area contributed by atoms with Gasteiger partial charge in [-0.25, -0.2) is 0 Å². The fourth-order valence-electron chi connectivity index (χ4n) is 0.853. The lowest BCUT2D eigenvalue weighted by Crippen LogP contribution is -1.95. The summed E-state index contributed by atoms with van der Waals surface area (Å²) in [6.45, 7) is 0. The Balaban J connectivity index is 2.87. The second-order valence-electron chi connectivity index (χ2n) is 2.35.